The van der Waals surface area contributed by atoms with E-state index in [9.17, 15) is 22.7 Å². The van der Waals surface area contributed by atoms with Crippen LogP contribution in [0.3, 0.4) is 0 Å². The minimum Gasteiger partial charge on any atom is -0.495 e. The van der Waals surface area contributed by atoms with E-state index in [4.69, 9.17) is 27.9 Å². The van der Waals surface area contributed by atoms with Crippen LogP contribution in [-0.2, 0) is 26.0 Å². The molecule has 1 N–H and O–H groups in total. The first kappa shape index (κ1) is 40.6. The van der Waals surface area contributed by atoms with Crippen molar-refractivity contribution in [1.29, 1.82) is 0 Å². The Bertz CT molecular complexity index is 1940. The lowest BCUT2D eigenvalue weighted by Gasteiger charge is -2.28. The summed E-state index contributed by atoms with van der Waals surface area (Å²) in [6.07, 6.45) is 2.52. The van der Waals surface area contributed by atoms with Crippen LogP contribution < -0.4 is 4.74 Å². The molecule has 0 aliphatic carbocycles. The predicted molar refractivity (Wildman–Crippen MR) is 198 cm³/mol. The third-order valence-corrected chi connectivity index (χ3v) is 12.0. The molecule has 276 valence electrons. The molecule has 0 radical (unpaired) electrons. The normalized spacial score (nSPS) is 12.5. The maximum Gasteiger partial charge on any atom is 0.304 e. The Hall–Kier alpha value is -3.20. The number of halogens is 4. The van der Waals surface area contributed by atoms with Crippen molar-refractivity contribution < 1.29 is 36.3 Å². The largest absolute Gasteiger partial charge is 0.495 e. The first-order valence-corrected chi connectivity index (χ1v) is 19.3. The molecule has 0 spiro atoms. The number of ether oxygens (including phenoxy) is 1. The number of carboxylic acid groups (broad SMARTS) is 1. The number of carboxylic acids is 1. The Labute approximate surface area is 312 Å². The zero-order valence-electron chi connectivity index (χ0n) is 29.4. The number of quaternary nitrogens is 1. The van der Waals surface area contributed by atoms with Crippen LogP contribution in [0.1, 0.15) is 49.9 Å². The number of hydrogen-bond donors (Lipinski definition) is 1. The first-order chi connectivity index (χ1) is 23.8. The van der Waals surface area contributed by atoms with Gasteiger partial charge in [-0.1, -0.05) is 54.9 Å². The summed E-state index contributed by atoms with van der Waals surface area (Å²) in [6.45, 7) is 4.63. The average Bonchev–Trinajstić information content (AvgIpc) is 3.48. The number of rotatable bonds is 17. The molecular weight excluding hydrogens is 741 g/mol. The number of thioether (sulfide) groups is 1. The molecule has 0 aliphatic rings. The van der Waals surface area contributed by atoms with Gasteiger partial charge >= 0.3 is 5.97 Å². The Morgan fingerprint density at radius 1 is 1.02 bits per heavy atom. The van der Waals surface area contributed by atoms with Gasteiger partial charge in [0.15, 0.2) is 5.16 Å². The molecule has 51 heavy (non-hydrogen) atoms. The minimum atomic E-state index is -4.27. The summed E-state index contributed by atoms with van der Waals surface area (Å²) in [7, 11) is 3.35. The van der Waals surface area contributed by atoms with Crippen molar-refractivity contribution in [2.24, 2.45) is 0 Å². The second-order valence-electron chi connectivity index (χ2n) is 13.6. The lowest BCUT2D eigenvalue weighted by atomic mass is 9.81. The third-order valence-electron chi connectivity index (χ3n) is 8.49. The monoisotopic (exact) mass is 783 g/mol. The van der Waals surface area contributed by atoms with Crippen molar-refractivity contribution in [3.63, 3.8) is 0 Å². The molecule has 0 saturated heterocycles. The summed E-state index contributed by atoms with van der Waals surface area (Å²) in [6, 6.07) is 13.5. The van der Waals surface area contributed by atoms with Crippen LogP contribution in [0, 0.1) is 11.6 Å². The van der Waals surface area contributed by atoms with Crippen molar-refractivity contribution in [2.75, 3.05) is 47.9 Å². The molecule has 0 atom stereocenters. The number of imidazole rings is 1. The van der Waals surface area contributed by atoms with E-state index < -0.39 is 39.5 Å². The molecular formula is C36H43Cl2F2N4O5S2+. The van der Waals surface area contributed by atoms with Crippen molar-refractivity contribution in [2.45, 2.75) is 54.3 Å². The van der Waals surface area contributed by atoms with E-state index in [1.54, 1.807) is 24.4 Å². The molecule has 1 heterocycles. The van der Waals surface area contributed by atoms with Gasteiger partial charge in [-0.15, -0.1) is 0 Å². The summed E-state index contributed by atoms with van der Waals surface area (Å²) in [4.78, 5) is 15.6. The minimum absolute atomic E-state index is 0.00831. The molecule has 3 aromatic carbocycles. The SMILES string of the molecule is COc1cc(C(C)(C)c2cnc(SCc3c(F)cc(S(=O)(=O)N(CCCC[N+](C)(C)C)CCC(=O)O)cc3Cl)n2-c2ccc(F)cc2)ccc1Cl. The van der Waals surface area contributed by atoms with Gasteiger partial charge in [-0.05, 0) is 66.9 Å². The molecule has 0 aliphatic heterocycles. The highest BCUT2D eigenvalue weighted by Gasteiger charge is 2.31. The zero-order chi connectivity index (χ0) is 37.7. The number of aromatic nitrogens is 2. The van der Waals surface area contributed by atoms with Gasteiger partial charge in [0.2, 0.25) is 10.0 Å². The maximum atomic E-state index is 15.8. The van der Waals surface area contributed by atoms with E-state index in [2.05, 4.69) is 4.98 Å². The molecule has 0 bridgehead atoms. The average molecular weight is 785 g/mol. The van der Waals surface area contributed by atoms with E-state index in [-0.39, 0.29) is 34.3 Å². The standard InChI is InChI=1S/C36H42Cl2F2N4O5S2/c1-36(2,24-9-14-29(37)32(19-24)49-6)33-22-41-35(43(33)26-12-10-25(39)11-13-26)50-23-28-30(38)20-27(21-31(28)40)51(47,48)42(17-15-34(45)46)16-7-8-18-44(3,4)5/h9-14,19-22H,7-8,15-18,23H2,1-6H3/p+1. The number of unbranched alkanes of at least 4 members (excludes halogenated alkanes) is 1. The van der Waals surface area contributed by atoms with E-state index >= 15 is 4.39 Å². The van der Waals surface area contributed by atoms with Gasteiger partial charge in [0.1, 0.15) is 17.4 Å². The summed E-state index contributed by atoms with van der Waals surface area (Å²) >= 11 is 14.0. The summed E-state index contributed by atoms with van der Waals surface area (Å²) in [5, 5.41) is 10.1. The smallest absolute Gasteiger partial charge is 0.304 e. The number of aliphatic carboxylic acids is 1. The fourth-order valence-electron chi connectivity index (χ4n) is 5.51. The van der Waals surface area contributed by atoms with Gasteiger partial charge in [0.25, 0.3) is 0 Å². The van der Waals surface area contributed by atoms with E-state index in [0.717, 1.165) is 28.2 Å². The maximum absolute atomic E-state index is 15.8. The molecule has 4 aromatic rings. The Morgan fingerprint density at radius 3 is 2.31 bits per heavy atom. The zero-order valence-corrected chi connectivity index (χ0v) is 32.6. The lowest BCUT2D eigenvalue weighted by Crippen LogP contribution is -2.37. The van der Waals surface area contributed by atoms with Gasteiger partial charge in [0.05, 0.1) is 63.0 Å². The van der Waals surface area contributed by atoms with Crippen molar-refractivity contribution in [3.05, 3.63) is 99.3 Å². The number of carbonyl (C=O) groups is 1. The topological polar surface area (TPSA) is 102 Å². The summed E-state index contributed by atoms with van der Waals surface area (Å²) in [5.41, 5.74) is 1.65. The molecule has 0 fully saturated rings. The molecule has 0 unspecified atom stereocenters. The predicted octanol–water partition coefficient (Wildman–Crippen LogP) is 8.04. The first-order valence-electron chi connectivity index (χ1n) is 16.2. The molecule has 0 saturated carbocycles. The number of hydrogen-bond acceptors (Lipinski definition) is 6. The van der Waals surface area contributed by atoms with Crippen LogP contribution in [0.25, 0.3) is 5.69 Å². The highest BCUT2D eigenvalue weighted by Crippen LogP contribution is 2.40. The highest BCUT2D eigenvalue weighted by molar-refractivity contribution is 7.98. The van der Waals surface area contributed by atoms with Crippen LogP contribution in [0.4, 0.5) is 8.78 Å². The molecule has 0 amide bonds. The second kappa shape index (κ2) is 16.6. The number of methoxy groups -OCH3 is 1. The van der Waals surface area contributed by atoms with Gasteiger partial charge in [-0.3, -0.25) is 9.36 Å². The van der Waals surface area contributed by atoms with Gasteiger partial charge in [0, 0.05) is 40.5 Å². The fourth-order valence-corrected chi connectivity index (χ4v) is 8.67. The molecule has 1 aromatic heterocycles. The second-order valence-corrected chi connectivity index (χ2v) is 17.3. The van der Waals surface area contributed by atoms with Crippen molar-refractivity contribution in [1.82, 2.24) is 13.9 Å². The summed E-state index contributed by atoms with van der Waals surface area (Å²) < 4.78 is 66.2. The van der Waals surface area contributed by atoms with E-state index in [1.165, 1.54) is 37.1 Å². The number of benzene rings is 3. The van der Waals surface area contributed by atoms with Gasteiger partial charge in [-0.25, -0.2) is 22.2 Å². The van der Waals surface area contributed by atoms with E-state index in [1.807, 2.05) is 51.7 Å². The van der Waals surface area contributed by atoms with E-state index in [0.29, 0.717) is 38.9 Å². The molecule has 9 nitrogen and oxygen atoms in total. The summed E-state index contributed by atoms with van der Waals surface area (Å²) in [5.74, 6) is -1.89. The Morgan fingerprint density at radius 2 is 1.71 bits per heavy atom. The van der Waals surface area contributed by atoms with Crippen LogP contribution in [-0.4, -0.2) is 85.7 Å². The van der Waals surface area contributed by atoms with Crippen LogP contribution >= 0.6 is 35.0 Å². The van der Waals surface area contributed by atoms with Crippen molar-refractivity contribution >= 4 is 51.0 Å². The Kier molecular flexibility index (Phi) is 13.2. The van der Waals surface area contributed by atoms with Crippen molar-refractivity contribution in [3.8, 4) is 11.4 Å². The third kappa shape index (κ3) is 10.0. The Balaban J connectivity index is 1.65. The van der Waals surface area contributed by atoms with Gasteiger partial charge < -0.3 is 14.3 Å². The molecule has 4 rings (SSSR count). The molecule has 15 heteroatoms. The van der Waals surface area contributed by atoms with Gasteiger partial charge in [-0.2, -0.15) is 4.31 Å². The van der Waals surface area contributed by atoms with Crippen LogP contribution in [0.2, 0.25) is 10.0 Å². The fraction of sp³-hybridized carbons (Fsp3) is 0.389. The quantitative estimate of drug-likeness (QED) is 0.0658. The van der Waals surface area contributed by atoms with Crippen LogP contribution in [0.5, 0.6) is 5.75 Å². The number of sulfonamides is 1. The highest BCUT2D eigenvalue weighted by atomic mass is 35.5. The van der Waals surface area contributed by atoms with Crippen LogP contribution in [0.15, 0.2) is 70.8 Å². The lowest BCUT2D eigenvalue weighted by molar-refractivity contribution is -0.870. The number of nitrogens with zero attached hydrogens (tertiary/aromatic N) is 4.